The van der Waals surface area contributed by atoms with Gasteiger partial charge in [0.25, 0.3) is 0 Å². The molecule has 0 aliphatic carbocycles. The fraction of sp³-hybridized carbons (Fsp3) is 0.222. The van der Waals surface area contributed by atoms with Crippen LogP contribution in [0, 0.1) is 0 Å². The van der Waals surface area contributed by atoms with E-state index in [0.29, 0.717) is 12.3 Å². The van der Waals surface area contributed by atoms with Crippen molar-refractivity contribution in [1.29, 1.82) is 0 Å². The maximum atomic E-state index is 11.7. The van der Waals surface area contributed by atoms with Gasteiger partial charge in [-0.2, -0.15) is 0 Å². The molecule has 0 aliphatic rings. The number of benzene rings is 2. The molecular formula is C18H21N3O3. The predicted molar refractivity (Wildman–Crippen MR) is 92.8 cm³/mol. The molecule has 3 N–H and O–H groups in total. The van der Waals surface area contributed by atoms with Crippen LogP contribution in [0.3, 0.4) is 0 Å². The van der Waals surface area contributed by atoms with Gasteiger partial charge in [0.05, 0.1) is 13.1 Å². The molecule has 0 aromatic heterocycles. The number of likely N-dealkylation sites (N-methyl/N-ethyl adjacent to an activating group) is 1. The Hall–Kier alpha value is -2.86. The van der Waals surface area contributed by atoms with Gasteiger partial charge in [-0.3, -0.25) is 14.9 Å². The minimum absolute atomic E-state index is 0.0691. The third-order valence-corrected chi connectivity index (χ3v) is 3.24. The Morgan fingerprint density at radius 3 is 2.25 bits per heavy atom. The van der Waals surface area contributed by atoms with E-state index < -0.39 is 0 Å². The molecule has 6 nitrogen and oxygen atoms in total. The van der Waals surface area contributed by atoms with Gasteiger partial charge in [-0.25, -0.2) is 0 Å². The standard InChI is InChI=1S/C18H21N3O3/c1-19-17(22)11-20-12-18(23)21-15-7-9-16(10-8-15)24-13-14-5-3-2-4-6-14/h2-10,20H,11-13H2,1H3,(H,19,22)(H,21,23). The van der Waals surface area contributed by atoms with Crippen molar-refractivity contribution in [2.45, 2.75) is 6.61 Å². The highest BCUT2D eigenvalue weighted by atomic mass is 16.5. The summed E-state index contributed by atoms with van der Waals surface area (Å²) >= 11 is 0. The maximum Gasteiger partial charge on any atom is 0.238 e. The molecule has 2 amide bonds. The van der Waals surface area contributed by atoms with Crippen LogP contribution in [0.5, 0.6) is 5.75 Å². The summed E-state index contributed by atoms with van der Waals surface area (Å²) < 4.78 is 5.69. The SMILES string of the molecule is CNC(=O)CNCC(=O)Nc1ccc(OCc2ccccc2)cc1. The molecule has 2 aromatic rings. The van der Waals surface area contributed by atoms with E-state index in [2.05, 4.69) is 16.0 Å². The van der Waals surface area contributed by atoms with Gasteiger partial charge in [0.1, 0.15) is 12.4 Å². The van der Waals surface area contributed by atoms with Crippen LogP contribution in [0.15, 0.2) is 54.6 Å². The summed E-state index contributed by atoms with van der Waals surface area (Å²) in [6, 6.07) is 17.1. The lowest BCUT2D eigenvalue weighted by atomic mass is 10.2. The Kier molecular flexibility index (Phi) is 6.79. The molecule has 0 aliphatic heterocycles. The first-order valence-corrected chi connectivity index (χ1v) is 7.65. The molecule has 0 fully saturated rings. The number of amides is 2. The summed E-state index contributed by atoms with van der Waals surface area (Å²) in [7, 11) is 1.55. The normalized spacial score (nSPS) is 10.0. The van der Waals surface area contributed by atoms with Crippen LogP contribution in [0.1, 0.15) is 5.56 Å². The van der Waals surface area contributed by atoms with Gasteiger partial charge in [-0.15, -0.1) is 0 Å². The first kappa shape index (κ1) is 17.5. The van der Waals surface area contributed by atoms with Crippen molar-refractivity contribution in [2.24, 2.45) is 0 Å². The molecule has 0 spiro atoms. The van der Waals surface area contributed by atoms with Crippen molar-refractivity contribution < 1.29 is 14.3 Å². The molecule has 0 atom stereocenters. The second kappa shape index (κ2) is 9.32. The molecular weight excluding hydrogens is 306 g/mol. The highest BCUT2D eigenvalue weighted by Gasteiger charge is 2.04. The second-order valence-corrected chi connectivity index (χ2v) is 5.12. The molecule has 0 radical (unpaired) electrons. The number of ether oxygens (including phenoxy) is 1. The number of hydrogen-bond donors (Lipinski definition) is 3. The summed E-state index contributed by atoms with van der Waals surface area (Å²) in [5.74, 6) is 0.356. The quantitative estimate of drug-likeness (QED) is 0.687. The summed E-state index contributed by atoms with van der Waals surface area (Å²) in [4.78, 5) is 22.8. The Morgan fingerprint density at radius 1 is 0.917 bits per heavy atom. The van der Waals surface area contributed by atoms with Crippen LogP contribution in [-0.2, 0) is 16.2 Å². The van der Waals surface area contributed by atoms with Crippen LogP contribution in [0.4, 0.5) is 5.69 Å². The highest BCUT2D eigenvalue weighted by Crippen LogP contribution is 2.17. The van der Waals surface area contributed by atoms with Crippen LogP contribution in [0.25, 0.3) is 0 Å². The van der Waals surface area contributed by atoms with Gasteiger partial charge in [0.15, 0.2) is 0 Å². The molecule has 0 unspecified atom stereocenters. The average Bonchev–Trinajstić information content (AvgIpc) is 2.62. The van der Waals surface area contributed by atoms with Crippen molar-refractivity contribution in [3.05, 3.63) is 60.2 Å². The number of rotatable bonds is 8. The zero-order chi connectivity index (χ0) is 17.2. The van der Waals surface area contributed by atoms with Crippen LogP contribution >= 0.6 is 0 Å². The van der Waals surface area contributed by atoms with E-state index in [1.807, 2.05) is 30.3 Å². The van der Waals surface area contributed by atoms with E-state index in [1.165, 1.54) is 0 Å². The fourth-order valence-corrected chi connectivity index (χ4v) is 1.96. The fourth-order valence-electron chi connectivity index (χ4n) is 1.96. The second-order valence-electron chi connectivity index (χ2n) is 5.12. The lowest BCUT2D eigenvalue weighted by Crippen LogP contribution is -2.36. The summed E-state index contributed by atoms with van der Waals surface area (Å²) in [5, 5.41) is 7.97. The Balaban J connectivity index is 1.75. The molecule has 0 saturated carbocycles. The third kappa shape index (κ3) is 6.10. The smallest absolute Gasteiger partial charge is 0.238 e. The summed E-state index contributed by atoms with van der Waals surface area (Å²) in [6.07, 6.45) is 0. The third-order valence-electron chi connectivity index (χ3n) is 3.24. The van der Waals surface area contributed by atoms with E-state index in [-0.39, 0.29) is 24.9 Å². The van der Waals surface area contributed by atoms with Gasteiger partial charge < -0.3 is 15.4 Å². The average molecular weight is 327 g/mol. The van der Waals surface area contributed by atoms with E-state index in [4.69, 9.17) is 4.74 Å². The molecule has 0 saturated heterocycles. The van der Waals surface area contributed by atoms with Crippen molar-refractivity contribution in [1.82, 2.24) is 10.6 Å². The predicted octanol–water partition coefficient (Wildman–Crippen LogP) is 1.54. The van der Waals surface area contributed by atoms with Gasteiger partial charge in [0, 0.05) is 12.7 Å². The van der Waals surface area contributed by atoms with E-state index >= 15 is 0 Å². The van der Waals surface area contributed by atoms with Gasteiger partial charge >= 0.3 is 0 Å². The number of anilines is 1. The van der Waals surface area contributed by atoms with Crippen LogP contribution < -0.4 is 20.7 Å². The first-order chi connectivity index (χ1) is 11.7. The van der Waals surface area contributed by atoms with Crippen LogP contribution in [-0.4, -0.2) is 32.0 Å². The summed E-state index contributed by atoms with van der Waals surface area (Å²) in [6.45, 7) is 0.672. The lowest BCUT2D eigenvalue weighted by Gasteiger charge is -2.09. The minimum Gasteiger partial charge on any atom is -0.489 e. The topological polar surface area (TPSA) is 79.5 Å². The molecule has 126 valence electrons. The largest absolute Gasteiger partial charge is 0.489 e. The van der Waals surface area contributed by atoms with E-state index in [9.17, 15) is 9.59 Å². The van der Waals surface area contributed by atoms with E-state index in [1.54, 1.807) is 31.3 Å². The number of carbonyl (C=O) groups excluding carboxylic acids is 2. The Labute approximate surface area is 141 Å². The minimum atomic E-state index is -0.211. The van der Waals surface area contributed by atoms with Gasteiger partial charge in [-0.05, 0) is 29.8 Å². The molecule has 0 heterocycles. The summed E-state index contributed by atoms with van der Waals surface area (Å²) in [5.41, 5.74) is 1.77. The Morgan fingerprint density at radius 2 is 1.58 bits per heavy atom. The van der Waals surface area contributed by atoms with Crippen molar-refractivity contribution in [3.8, 4) is 5.75 Å². The molecule has 24 heavy (non-hydrogen) atoms. The Bertz CT molecular complexity index is 657. The number of nitrogens with one attached hydrogen (secondary N) is 3. The highest BCUT2D eigenvalue weighted by molar-refractivity contribution is 5.92. The number of carbonyl (C=O) groups is 2. The van der Waals surface area contributed by atoms with Crippen molar-refractivity contribution in [2.75, 3.05) is 25.5 Å². The first-order valence-electron chi connectivity index (χ1n) is 7.65. The monoisotopic (exact) mass is 327 g/mol. The van der Waals surface area contributed by atoms with Crippen molar-refractivity contribution in [3.63, 3.8) is 0 Å². The van der Waals surface area contributed by atoms with Gasteiger partial charge in [0.2, 0.25) is 11.8 Å². The maximum absolute atomic E-state index is 11.7. The number of hydrogen-bond acceptors (Lipinski definition) is 4. The molecule has 0 bridgehead atoms. The molecule has 2 rings (SSSR count). The molecule has 2 aromatic carbocycles. The zero-order valence-electron chi connectivity index (χ0n) is 13.5. The lowest BCUT2D eigenvalue weighted by molar-refractivity contribution is -0.119. The van der Waals surface area contributed by atoms with Gasteiger partial charge in [-0.1, -0.05) is 30.3 Å². The molecule has 6 heteroatoms. The van der Waals surface area contributed by atoms with Crippen molar-refractivity contribution >= 4 is 17.5 Å². The zero-order valence-corrected chi connectivity index (χ0v) is 13.5. The van der Waals surface area contributed by atoms with Crippen LogP contribution in [0.2, 0.25) is 0 Å². The van der Waals surface area contributed by atoms with E-state index in [0.717, 1.165) is 11.3 Å².